The Kier molecular flexibility index (Phi) is 4.49. The van der Waals surface area contributed by atoms with Crippen LogP contribution in [-0.4, -0.2) is 45.9 Å². The molecule has 6 nitrogen and oxygen atoms in total. The number of carbonyl (C=O) groups is 2. The van der Waals surface area contributed by atoms with Crippen LogP contribution in [0.3, 0.4) is 0 Å². The third kappa shape index (κ3) is 3.52. The molecule has 1 N–H and O–H groups in total. The van der Waals surface area contributed by atoms with Gasteiger partial charge in [-0.05, 0) is 30.2 Å². The lowest BCUT2D eigenvalue weighted by molar-refractivity contribution is -0.137. The van der Waals surface area contributed by atoms with Crippen LogP contribution in [-0.2, 0) is 16.4 Å². The lowest BCUT2D eigenvalue weighted by Gasteiger charge is -2.34. The molecule has 0 unspecified atom stereocenters. The number of anilines is 1. The number of alkyl halides is 4. The zero-order chi connectivity index (χ0) is 21.0. The van der Waals surface area contributed by atoms with E-state index in [1.807, 2.05) is 0 Å². The van der Waals surface area contributed by atoms with Gasteiger partial charge in [-0.15, -0.1) is 0 Å². The molecular formula is C18H13ClF4N4O2. The van der Waals surface area contributed by atoms with Gasteiger partial charge in [0.05, 0.1) is 23.0 Å². The fourth-order valence-corrected chi connectivity index (χ4v) is 3.63. The van der Waals surface area contributed by atoms with E-state index in [9.17, 15) is 27.2 Å². The van der Waals surface area contributed by atoms with Crippen LogP contribution in [0.25, 0.3) is 0 Å². The summed E-state index contributed by atoms with van der Waals surface area (Å²) in [7, 11) is 0. The summed E-state index contributed by atoms with van der Waals surface area (Å²) in [5.41, 5.74) is -2.14. The Bertz CT molecular complexity index is 998. The first-order valence-corrected chi connectivity index (χ1v) is 8.90. The fourth-order valence-electron chi connectivity index (χ4n) is 3.53. The van der Waals surface area contributed by atoms with E-state index in [2.05, 4.69) is 15.3 Å². The van der Waals surface area contributed by atoms with Gasteiger partial charge < -0.3 is 4.90 Å². The van der Waals surface area contributed by atoms with Crippen molar-refractivity contribution in [2.75, 3.05) is 18.4 Å². The first-order valence-electron chi connectivity index (χ1n) is 8.53. The Morgan fingerprint density at radius 1 is 1.31 bits per heavy atom. The average Bonchev–Trinajstić information content (AvgIpc) is 3.30. The molecule has 2 aliphatic rings. The minimum atomic E-state index is -4.60. The maximum absolute atomic E-state index is 14.2. The van der Waals surface area contributed by atoms with Gasteiger partial charge in [0, 0.05) is 17.5 Å². The smallest absolute Gasteiger partial charge is 0.328 e. The third-order valence-electron chi connectivity index (χ3n) is 5.06. The van der Waals surface area contributed by atoms with E-state index in [1.54, 1.807) is 0 Å². The lowest BCUT2D eigenvalue weighted by Crippen LogP contribution is -2.47. The maximum Gasteiger partial charge on any atom is 0.416 e. The van der Waals surface area contributed by atoms with Gasteiger partial charge in [-0.3, -0.25) is 14.9 Å². The first kappa shape index (κ1) is 19.6. The summed E-state index contributed by atoms with van der Waals surface area (Å²) < 4.78 is 53.4. The van der Waals surface area contributed by atoms with Gasteiger partial charge in [-0.1, -0.05) is 11.6 Å². The van der Waals surface area contributed by atoms with E-state index >= 15 is 0 Å². The quantitative estimate of drug-likeness (QED) is 0.762. The largest absolute Gasteiger partial charge is 0.416 e. The van der Waals surface area contributed by atoms with Crippen molar-refractivity contribution in [1.29, 1.82) is 0 Å². The second-order valence-electron chi connectivity index (χ2n) is 7.02. The number of halogens is 5. The average molecular weight is 429 g/mol. The van der Waals surface area contributed by atoms with Gasteiger partial charge in [0.2, 0.25) is 11.9 Å². The zero-order valence-electron chi connectivity index (χ0n) is 14.6. The highest BCUT2D eigenvalue weighted by Gasteiger charge is 2.61. The van der Waals surface area contributed by atoms with Gasteiger partial charge in [0.1, 0.15) is 12.7 Å². The number of hydrogen-bond acceptors (Lipinski definition) is 4. The predicted molar refractivity (Wildman–Crippen MR) is 94.2 cm³/mol. The zero-order valence-corrected chi connectivity index (χ0v) is 15.4. The van der Waals surface area contributed by atoms with E-state index in [0.29, 0.717) is 0 Å². The molecule has 4 rings (SSSR count). The summed E-state index contributed by atoms with van der Waals surface area (Å²) in [4.78, 5) is 33.7. The Labute approximate surface area is 166 Å². The third-order valence-corrected chi connectivity index (χ3v) is 5.26. The van der Waals surface area contributed by atoms with Crippen molar-refractivity contribution < 1.29 is 27.2 Å². The van der Waals surface area contributed by atoms with Gasteiger partial charge in [-0.25, -0.2) is 14.4 Å². The second kappa shape index (κ2) is 6.65. The molecule has 0 saturated heterocycles. The van der Waals surface area contributed by atoms with Crippen LogP contribution in [0.4, 0.5) is 23.5 Å². The van der Waals surface area contributed by atoms with Crippen molar-refractivity contribution in [2.24, 2.45) is 0 Å². The topological polar surface area (TPSA) is 75.2 Å². The van der Waals surface area contributed by atoms with Crippen molar-refractivity contribution in [3.8, 4) is 0 Å². The molecule has 0 bridgehead atoms. The predicted octanol–water partition coefficient (Wildman–Crippen LogP) is 3.22. The molecule has 2 amide bonds. The monoisotopic (exact) mass is 428 g/mol. The highest BCUT2D eigenvalue weighted by atomic mass is 35.5. The normalized spacial score (nSPS) is 23.1. The molecule has 2 heterocycles. The van der Waals surface area contributed by atoms with E-state index in [4.69, 9.17) is 11.6 Å². The Morgan fingerprint density at radius 3 is 2.55 bits per heavy atom. The van der Waals surface area contributed by atoms with Crippen LogP contribution in [0.15, 0.2) is 30.6 Å². The summed E-state index contributed by atoms with van der Waals surface area (Å²) in [6, 6.07) is 2.66. The van der Waals surface area contributed by atoms with Crippen molar-refractivity contribution in [3.63, 3.8) is 0 Å². The number of fused-ring (bicyclic) bond motifs is 2. The molecule has 1 aliphatic carbocycles. The van der Waals surface area contributed by atoms with Crippen LogP contribution in [0.2, 0.25) is 5.02 Å². The number of aromatic nitrogens is 2. The summed E-state index contributed by atoms with van der Waals surface area (Å²) in [5, 5.41) is 2.66. The fraction of sp³-hybridized carbons (Fsp3) is 0.333. The van der Waals surface area contributed by atoms with Gasteiger partial charge in [-0.2, -0.15) is 13.2 Å². The van der Waals surface area contributed by atoms with Crippen molar-refractivity contribution in [2.45, 2.75) is 24.2 Å². The maximum atomic E-state index is 14.2. The Balaban J connectivity index is 1.58. The summed E-state index contributed by atoms with van der Waals surface area (Å²) >= 11 is 5.67. The molecule has 1 aliphatic heterocycles. The highest BCUT2D eigenvalue weighted by molar-refractivity contribution is 6.30. The van der Waals surface area contributed by atoms with E-state index in [-0.39, 0.29) is 35.1 Å². The number of carbonyl (C=O) groups excluding carboxylic acids is 2. The van der Waals surface area contributed by atoms with Gasteiger partial charge in [0.15, 0.2) is 0 Å². The number of nitrogens with one attached hydrogen (secondary N) is 1. The van der Waals surface area contributed by atoms with Crippen LogP contribution >= 0.6 is 11.6 Å². The molecule has 1 aromatic carbocycles. The van der Waals surface area contributed by atoms with E-state index in [0.717, 1.165) is 23.1 Å². The van der Waals surface area contributed by atoms with Crippen molar-refractivity contribution in [1.82, 2.24) is 14.9 Å². The van der Waals surface area contributed by atoms with Crippen molar-refractivity contribution in [3.05, 3.63) is 52.3 Å². The van der Waals surface area contributed by atoms with Crippen LogP contribution in [0.1, 0.15) is 27.9 Å². The molecule has 1 aromatic heterocycles. The van der Waals surface area contributed by atoms with E-state index < -0.39 is 41.7 Å². The Hall–Kier alpha value is -2.75. The summed E-state index contributed by atoms with van der Waals surface area (Å²) in [6.07, 6.45) is -3.44. The molecule has 152 valence electrons. The van der Waals surface area contributed by atoms with Crippen LogP contribution in [0, 0.1) is 0 Å². The minimum absolute atomic E-state index is 0.00694. The Morgan fingerprint density at radius 2 is 1.97 bits per heavy atom. The first-order chi connectivity index (χ1) is 13.6. The molecule has 1 fully saturated rings. The number of nitrogens with zero attached hydrogens (tertiary/aromatic N) is 3. The number of rotatable bonds is 3. The standard InChI is InChI=1S/C18H13ClF4N4O2/c19-10-5-24-16(25-6-10)26-14(28)7-27-8-17(4-13(17)20)12-3-9(18(21,22)23)1-2-11(12)15(27)29/h1-3,5-6,13H,4,7-8H2,(H,24,25,26,28)/t13-,17+/m0/s1. The van der Waals surface area contributed by atoms with Crippen molar-refractivity contribution >= 4 is 29.4 Å². The van der Waals surface area contributed by atoms with E-state index in [1.165, 1.54) is 12.4 Å². The summed E-state index contributed by atoms with van der Waals surface area (Å²) in [6.45, 7) is -0.601. The molecule has 11 heteroatoms. The summed E-state index contributed by atoms with van der Waals surface area (Å²) in [5.74, 6) is -1.28. The molecular weight excluding hydrogens is 416 g/mol. The van der Waals surface area contributed by atoms with Crippen LogP contribution < -0.4 is 5.32 Å². The molecule has 1 spiro atoms. The molecule has 0 radical (unpaired) electrons. The lowest BCUT2D eigenvalue weighted by atomic mass is 9.85. The van der Waals surface area contributed by atoms with Gasteiger partial charge >= 0.3 is 6.18 Å². The number of amides is 2. The number of hydrogen-bond donors (Lipinski definition) is 1. The number of benzene rings is 1. The highest BCUT2D eigenvalue weighted by Crippen LogP contribution is 2.55. The second-order valence-corrected chi connectivity index (χ2v) is 7.46. The molecule has 2 atom stereocenters. The molecule has 29 heavy (non-hydrogen) atoms. The minimum Gasteiger partial charge on any atom is -0.328 e. The molecule has 1 saturated carbocycles. The molecule has 2 aromatic rings. The van der Waals surface area contributed by atoms with Gasteiger partial charge in [0.25, 0.3) is 5.91 Å². The van der Waals surface area contributed by atoms with Crippen LogP contribution in [0.5, 0.6) is 0 Å². The SMILES string of the molecule is O=C(CN1C[C@]2(C[C@@H]2F)c2cc(C(F)(F)F)ccc2C1=O)Nc1ncc(Cl)cn1.